The number of hydrogen-bond acceptors (Lipinski definition) is 3. The largest absolute Gasteiger partial charge is 0.481 e. The van der Waals surface area contributed by atoms with Crippen LogP contribution >= 0.6 is 0 Å². The molecule has 0 amide bonds. The van der Waals surface area contributed by atoms with E-state index in [1.165, 1.54) is 6.20 Å². The molecule has 0 aromatic carbocycles. The molecule has 88 valence electrons. The van der Waals surface area contributed by atoms with Crippen molar-refractivity contribution in [2.75, 3.05) is 0 Å². The smallest absolute Gasteiger partial charge is 0.313 e. The Labute approximate surface area is 96.1 Å². The standard InChI is InChI=1S/C11H10N2O4/c14-10(15)5-7(11(16)17)8-6-12-9-3-1-2-4-13(8)9/h1-4,6-7H,5H2,(H,14,15)(H,16,17). The fraction of sp³-hybridized carbons (Fsp3) is 0.182. The van der Waals surface area contributed by atoms with Crippen molar-refractivity contribution in [3.05, 3.63) is 36.3 Å². The van der Waals surface area contributed by atoms with Crippen LogP contribution in [0.3, 0.4) is 0 Å². The molecule has 6 heteroatoms. The van der Waals surface area contributed by atoms with Gasteiger partial charge in [-0.05, 0) is 12.1 Å². The number of pyridine rings is 1. The average Bonchev–Trinajstić information content (AvgIpc) is 2.69. The Hall–Kier alpha value is -2.37. The molecule has 0 saturated carbocycles. The van der Waals surface area contributed by atoms with Crippen LogP contribution in [0.1, 0.15) is 18.0 Å². The third-order valence-corrected chi connectivity index (χ3v) is 2.48. The van der Waals surface area contributed by atoms with E-state index in [0.717, 1.165) is 0 Å². The molecule has 1 atom stereocenters. The van der Waals surface area contributed by atoms with Crippen molar-refractivity contribution in [3.8, 4) is 0 Å². The van der Waals surface area contributed by atoms with Gasteiger partial charge in [0, 0.05) is 6.20 Å². The van der Waals surface area contributed by atoms with Crippen LogP contribution in [-0.2, 0) is 9.59 Å². The third kappa shape index (κ3) is 2.10. The molecule has 0 saturated heterocycles. The van der Waals surface area contributed by atoms with Crippen LogP contribution in [0.4, 0.5) is 0 Å². The van der Waals surface area contributed by atoms with Crippen LogP contribution in [0.5, 0.6) is 0 Å². The Bertz CT molecular complexity index is 576. The molecule has 2 heterocycles. The summed E-state index contributed by atoms with van der Waals surface area (Å²) in [6, 6.07) is 5.24. The normalized spacial score (nSPS) is 12.5. The van der Waals surface area contributed by atoms with Gasteiger partial charge in [-0.15, -0.1) is 0 Å². The Balaban J connectivity index is 2.48. The maximum absolute atomic E-state index is 11.1. The molecule has 2 N–H and O–H groups in total. The van der Waals surface area contributed by atoms with Crippen LogP contribution in [0, 0.1) is 0 Å². The molecule has 0 bridgehead atoms. The zero-order chi connectivity index (χ0) is 12.4. The Morgan fingerprint density at radius 1 is 1.35 bits per heavy atom. The van der Waals surface area contributed by atoms with Gasteiger partial charge in [-0.2, -0.15) is 0 Å². The van der Waals surface area contributed by atoms with Crippen molar-refractivity contribution in [3.63, 3.8) is 0 Å². The quantitative estimate of drug-likeness (QED) is 0.822. The zero-order valence-corrected chi connectivity index (χ0v) is 8.78. The van der Waals surface area contributed by atoms with E-state index in [1.807, 2.05) is 0 Å². The number of rotatable bonds is 4. The lowest BCUT2D eigenvalue weighted by atomic mass is 10.0. The molecule has 2 aromatic heterocycles. The van der Waals surface area contributed by atoms with Gasteiger partial charge in [0.25, 0.3) is 0 Å². The minimum atomic E-state index is -1.17. The second kappa shape index (κ2) is 4.25. The first-order valence-corrected chi connectivity index (χ1v) is 4.96. The van der Waals surface area contributed by atoms with Crippen LogP contribution in [0.2, 0.25) is 0 Å². The Morgan fingerprint density at radius 2 is 2.12 bits per heavy atom. The maximum Gasteiger partial charge on any atom is 0.313 e. The molecular formula is C11H10N2O4. The molecule has 0 fully saturated rings. The Kier molecular flexibility index (Phi) is 2.78. The van der Waals surface area contributed by atoms with E-state index in [-0.39, 0.29) is 0 Å². The predicted molar refractivity (Wildman–Crippen MR) is 57.8 cm³/mol. The fourth-order valence-corrected chi connectivity index (χ4v) is 1.70. The summed E-state index contributed by atoms with van der Waals surface area (Å²) in [6.45, 7) is 0. The second-order valence-corrected chi connectivity index (χ2v) is 3.60. The van der Waals surface area contributed by atoms with Crippen molar-refractivity contribution in [1.29, 1.82) is 0 Å². The number of aliphatic carboxylic acids is 2. The van der Waals surface area contributed by atoms with Gasteiger partial charge in [0.1, 0.15) is 11.6 Å². The van der Waals surface area contributed by atoms with Crippen LogP contribution in [0.15, 0.2) is 30.6 Å². The second-order valence-electron chi connectivity index (χ2n) is 3.60. The number of nitrogens with zero attached hydrogens (tertiary/aromatic N) is 2. The number of carboxylic acid groups (broad SMARTS) is 2. The van der Waals surface area contributed by atoms with Gasteiger partial charge in [0.2, 0.25) is 0 Å². The van der Waals surface area contributed by atoms with Gasteiger partial charge in [-0.1, -0.05) is 6.07 Å². The maximum atomic E-state index is 11.1. The van der Waals surface area contributed by atoms with Crippen molar-refractivity contribution in [1.82, 2.24) is 9.38 Å². The highest BCUT2D eigenvalue weighted by Gasteiger charge is 2.26. The van der Waals surface area contributed by atoms with Crippen molar-refractivity contribution in [2.24, 2.45) is 0 Å². The summed E-state index contributed by atoms with van der Waals surface area (Å²) < 4.78 is 1.59. The highest BCUT2D eigenvalue weighted by Crippen LogP contribution is 2.21. The lowest BCUT2D eigenvalue weighted by molar-refractivity contribution is -0.145. The van der Waals surface area contributed by atoms with E-state index < -0.39 is 24.3 Å². The van der Waals surface area contributed by atoms with E-state index in [1.54, 1.807) is 28.8 Å². The SMILES string of the molecule is O=C(O)CC(C(=O)O)c1cnc2ccccn12. The molecule has 6 nitrogen and oxygen atoms in total. The Morgan fingerprint density at radius 3 is 2.76 bits per heavy atom. The summed E-state index contributed by atoms with van der Waals surface area (Å²) >= 11 is 0. The fourth-order valence-electron chi connectivity index (χ4n) is 1.70. The first kappa shape index (κ1) is 11.1. The van der Waals surface area contributed by atoms with Crippen LogP contribution < -0.4 is 0 Å². The molecule has 0 aliphatic carbocycles. The molecule has 0 spiro atoms. The summed E-state index contributed by atoms with van der Waals surface area (Å²) in [5.41, 5.74) is 0.967. The topological polar surface area (TPSA) is 91.9 Å². The first-order valence-electron chi connectivity index (χ1n) is 4.96. The van der Waals surface area contributed by atoms with E-state index in [9.17, 15) is 9.59 Å². The van der Waals surface area contributed by atoms with Gasteiger partial charge >= 0.3 is 11.9 Å². The molecule has 0 radical (unpaired) electrons. The van der Waals surface area contributed by atoms with E-state index in [2.05, 4.69) is 4.98 Å². The molecule has 0 aliphatic heterocycles. The summed E-state index contributed by atoms with van der Waals surface area (Å²) in [7, 11) is 0. The third-order valence-electron chi connectivity index (χ3n) is 2.48. The van der Waals surface area contributed by atoms with Gasteiger partial charge < -0.3 is 14.6 Å². The molecule has 2 aromatic rings. The molecule has 1 unspecified atom stereocenters. The summed E-state index contributed by atoms with van der Waals surface area (Å²) in [5.74, 6) is -3.41. The van der Waals surface area contributed by atoms with Crippen LogP contribution in [0.25, 0.3) is 5.65 Å². The van der Waals surface area contributed by atoms with E-state index in [0.29, 0.717) is 11.3 Å². The summed E-state index contributed by atoms with van der Waals surface area (Å²) in [6.07, 6.45) is 2.60. The van der Waals surface area contributed by atoms with Crippen LogP contribution in [-0.4, -0.2) is 31.5 Å². The number of fused-ring (bicyclic) bond motifs is 1. The number of aromatic nitrogens is 2. The zero-order valence-electron chi connectivity index (χ0n) is 8.78. The molecule has 2 rings (SSSR count). The molecular weight excluding hydrogens is 224 g/mol. The van der Waals surface area contributed by atoms with Crippen molar-refractivity contribution >= 4 is 17.6 Å². The highest BCUT2D eigenvalue weighted by molar-refractivity contribution is 5.82. The van der Waals surface area contributed by atoms with E-state index >= 15 is 0 Å². The monoisotopic (exact) mass is 234 g/mol. The number of carbonyl (C=O) groups is 2. The van der Waals surface area contributed by atoms with Gasteiger partial charge in [0.15, 0.2) is 0 Å². The van der Waals surface area contributed by atoms with Crippen molar-refractivity contribution < 1.29 is 19.8 Å². The van der Waals surface area contributed by atoms with Gasteiger partial charge in [-0.25, -0.2) is 4.98 Å². The number of carboxylic acids is 2. The number of imidazole rings is 1. The summed E-state index contributed by atoms with van der Waals surface area (Å²) in [5, 5.41) is 17.8. The lowest BCUT2D eigenvalue weighted by Gasteiger charge is -2.09. The van der Waals surface area contributed by atoms with Gasteiger partial charge in [0.05, 0.1) is 18.3 Å². The molecule has 0 aliphatic rings. The summed E-state index contributed by atoms with van der Waals surface area (Å²) in [4.78, 5) is 25.8. The highest BCUT2D eigenvalue weighted by atomic mass is 16.4. The lowest BCUT2D eigenvalue weighted by Crippen LogP contribution is -2.17. The van der Waals surface area contributed by atoms with Crippen molar-refractivity contribution in [2.45, 2.75) is 12.3 Å². The minimum absolute atomic E-state index is 0.371. The van der Waals surface area contributed by atoms with Gasteiger partial charge in [-0.3, -0.25) is 9.59 Å². The molecule has 17 heavy (non-hydrogen) atoms. The number of hydrogen-bond donors (Lipinski definition) is 2. The van der Waals surface area contributed by atoms with E-state index in [4.69, 9.17) is 10.2 Å². The average molecular weight is 234 g/mol. The predicted octanol–water partition coefficient (Wildman–Crippen LogP) is 0.977. The minimum Gasteiger partial charge on any atom is -0.481 e. The first-order chi connectivity index (χ1) is 8.09.